The van der Waals surface area contributed by atoms with E-state index in [0.29, 0.717) is 39.4 Å². The Kier molecular flexibility index (Phi) is 6.63. The Morgan fingerprint density at radius 2 is 1.86 bits per heavy atom. The van der Waals surface area contributed by atoms with Gasteiger partial charge in [0.25, 0.3) is 11.9 Å². The van der Waals surface area contributed by atoms with Crippen LogP contribution in [-0.4, -0.2) is 29.5 Å². The quantitative estimate of drug-likeness (QED) is 0.302. The van der Waals surface area contributed by atoms with Gasteiger partial charge in [-0.15, -0.1) is 0 Å². The number of carbonyl (C=O) groups excluding carboxylic acids is 1. The summed E-state index contributed by atoms with van der Waals surface area (Å²) in [7, 11) is 0. The largest absolute Gasteiger partial charge is 0.490 e. The van der Waals surface area contributed by atoms with Crippen molar-refractivity contribution in [3.05, 3.63) is 97.8 Å². The lowest BCUT2D eigenvalue weighted by molar-refractivity contribution is -0.532. The van der Waals surface area contributed by atoms with Crippen molar-refractivity contribution >= 4 is 27.5 Å². The van der Waals surface area contributed by atoms with E-state index >= 15 is 0 Å². The van der Waals surface area contributed by atoms with Crippen LogP contribution in [0.2, 0.25) is 0 Å². The van der Waals surface area contributed by atoms with Gasteiger partial charge in [-0.05, 0) is 71.2 Å². The molecule has 1 amide bonds. The molecule has 2 aliphatic heterocycles. The van der Waals surface area contributed by atoms with Gasteiger partial charge in [0, 0.05) is 22.2 Å². The van der Waals surface area contributed by atoms with E-state index in [9.17, 15) is 19.3 Å². The number of hydrogen-bond donors (Lipinski definition) is 2. The molecular weight excluding hydrogens is 545 g/mol. The maximum atomic E-state index is 13.3. The predicted molar refractivity (Wildman–Crippen MR) is 139 cm³/mol. The molecule has 0 saturated carbocycles. The number of carbonyl (C=O) groups is 1. The second-order valence-corrected chi connectivity index (χ2v) is 10.0. The highest BCUT2D eigenvalue weighted by Crippen LogP contribution is 2.51. The van der Waals surface area contributed by atoms with Gasteiger partial charge in [-0.25, -0.2) is 4.39 Å². The lowest BCUT2D eigenvalue weighted by atomic mass is 9.78. The molecule has 1 spiro atoms. The van der Waals surface area contributed by atoms with Crippen LogP contribution in [-0.2, 0) is 16.9 Å². The van der Waals surface area contributed by atoms with E-state index in [-0.39, 0.29) is 17.3 Å². The number of ether oxygens (including phenoxy) is 2. The zero-order valence-electron chi connectivity index (χ0n) is 20.2. The molecule has 8 nitrogen and oxygen atoms in total. The first kappa shape index (κ1) is 25.2. The number of hydrogen-bond acceptors (Lipinski definition) is 6. The summed E-state index contributed by atoms with van der Waals surface area (Å²) in [5, 5.41) is 18.7. The maximum absolute atomic E-state index is 13.3. The van der Waals surface area contributed by atoms with Crippen LogP contribution < -0.4 is 20.1 Å². The number of amides is 1. The lowest BCUT2D eigenvalue weighted by Gasteiger charge is -2.26. The molecule has 192 valence electrons. The van der Waals surface area contributed by atoms with Crippen LogP contribution in [0.15, 0.2) is 65.1 Å². The molecule has 2 N–H and O–H groups in total. The number of fused-ring (bicyclic) bond motifs is 2. The molecule has 10 heteroatoms. The summed E-state index contributed by atoms with van der Waals surface area (Å²) in [4.78, 5) is 25.5. The number of halogens is 2. The van der Waals surface area contributed by atoms with Crippen molar-refractivity contribution in [2.75, 3.05) is 11.9 Å². The van der Waals surface area contributed by atoms with Gasteiger partial charge < -0.3 is 14.8 Å². The Morgan fingerprint density at radius 1 is 1.14 bits per heavy atom. The minimum absolute atomic E-state index is 0.178. The van der Waals surface area contributed by atoms with E-state index in [4.69, 9.17) is 9.47 Å². The fraction of sp³-hybridized carbons (Fsp3) is 0.296. The predicted octanol–water partition coefficient (Wildman–Crippen LogP) is 5.13. The molecule has 2 aliphatic rings. The minimum atomic E-state index is -1.50. The number of benzene rings is 3. The van der Waals surface area contributed by atoms with Crippen LogP contribution in [0.4, 0.5) is 10.1 Å². The van der Waals surface area contributed by atoms with Crippen molar-refractivity contribution < 1.29 is 23.6 Å². The highest BCUT2D eigenvalue weighted by molar-refractivity contribution is 9.10. The number of nitrogens with one attached hydrogen (secondary N) is 2. The molecule has 5 rings (SSSR count). The molecule has 3 aromatic carbocycles. The second-order valence-electron chi connectivity index (χ2n) is 9.17. The molecule has 0 radical (unpaired) electrons. The van der Waals surface area contributed by atoms with E-state index in [1.165, 1.54) is 12.1 Å². The summed E-state index contributed by atoms with van der Waals surface area (Å²) in [6.45, 7) is 4.20. The minimum Gasteiger partial charge on any atom is -0.490 e. The van der Waals surface area contributed by atoms with Gasteiger partial charge >= 0.3 is 0 Å². The van der Waals surface area contributed by atoms with Crippen molar-refractivity contribution in [2.45, 2.75) is 44.0 Å². The molecular formula is C27H25BrFN3O5. The van der Waals surface area contributed by atoms with Gasteiger partial charge in [0.2, 0.25) is 0 Å². The van der Waals surface area contributed by atoms with E-state index in [2.05, 4.69) is 26.6 Å². The Bertz CT molecular complexity index is 1370. The first-order valence-corrected chi connectivity index (χ1v) is 12.7. The summed E-state index contributed by atoms with van der Waals surface area (Å²) in [6, 6.07) is 14.9. The summed E-state index contributed by atoms with van der Waals surface area (Å²) in [6.07, 6.45) is 0. The van der Waals surface area contributed by atoms with E-state index in [1.54, 1.807) is 48.5 Å². The molecule has 0 aliphatic carbocycles. The Morgan fingerprint density at radius 3 is 2.57 bits per heavy atom. The average molecular weight is 570 g/mol. The monoisotopic (exact) mass is 569 g/mol. The maximum Gasteiger partial charge on any atom is 0.256 e. The third kappa shape index (κ3) is 4.23. The normalized spacial score (nSPS) is 24.1. The third-order valence-electron chi connectivity index (χ3n) is 6.98. The number of rotatable bonds is 7. The van der Waals surface area contributed by atoms with Crippen molar-refractivity contribution in [1.82, 2.24) is 5.32 Å². The van der Waals surface area contributed by atoms with Crippen LogP contribution in [0.5, 0.6) is 11.5 Å². The molecule has 4 atom stereocenters. The summed E-state index contributed by atoms with van der Waals surface area (Å²) < 4.78 is 25.7. The van der Waals surface area contributed by atoms with Crippen LogP contribution >= 0.6 is 15.9 Å². The summed E-state index contributed by atoms with van der Waals surface area (Å²) in [5.41, 5.74) is 1.05. The lowest BCUT2D eigenvalue weighted by Crippen LogP contribution is -2.54. The zero-order chi connectivity index (χ0) is 26.3. The first-order chi connectivity index (χ1) is 17.8. The fourth-order valence-corrected chi connectivity index (χ4v) is 6.05. The van der Waals surface area contributed by atoms with Crippen molar-refractivity contribution in [3.63, 3.8) is 0 Å². The van der Waals surface area contributed by atoms with Gasteiger partial charge in [-0.1, -0.05) is 30.3 Å². The van der Waals surface area contributed by atoms with Crippen molar-refractivity contribution in [3.8, 4) is 11.5 Å². The van der Waals surface area contributed by atoms with Gasteiger partial charge in [-0.2, -0.15) is 0 Å². The van der Waals surface area contributed by atoms with Gasteiger partial charge in [-0.3, -0.25) is 20.2 Å². The van der Waals surface area contributed by atoms with Gasteiger partial charge in [0.05, 0.1) is 17.0 Å². The van der Waals surface area contributed by atoms with Crippen molar-refractivity contribution in [1.29, 1.82) is 0 Å². The molecule has 1 saturated heterocycles. The number of nitrogens with zero attached hydrogens (tertiary/aromatic N) is 1. The Balaban J connectivity index is 1.54. The molecule has 37 heavy (non-hydrogen) atoms. The molecule has 0 unspecified atom stereocenters. The van der Waals surface area contributed by atoms with Crippen LogP contribution in [0.25, 0.3) is 0 Å². The molecule has 2 heterocycles. The molecule has 1 fully saturated rings. The first-order valence-electron chi connectivity index (χ1n) is 11.9. The zero-order valence-corrected chi connectivity index (χ0v) is 21.8. The van der Waals surface area contributed by atoms with Crippen LogP contribution in [0.1, 0.15) is 36.5 Å². The standard InChI is InChI=1S/C27H25BrFN3O5/c1-3-36-22-13-17(12-20(28)24(22)37-14-16-8-10-18(29)11-9-16)23-15(2)31-27(25(23)32(34)35)19-6-4-5-7-21(19)30-26(27)33/h4-13,15,23,25,31H,3,14H2,1-2H3,(H,30,33)/t15-,23-,25+,27+/m0/s1. The van der Waals surface area contributed by atoms with E-state index in [1.807, 2.05) is 13.8 Å². The van der Waals surface area contributed by atoms with E-state index < -0.39 is 29.4 Å². The second kappa shape index (κ2) is 9.75. The molecule has 0 bridgehead atoms. The fourth-order valence-electron chi connectivity index (χ4n) is 5.47. The SMILES string of the molecule is CCOc1cc([C@@H]2[C@H](C)N[C@@]3(C(=O)Nc4ccccc43)[C@@H]2[N+](=O)[O-])cc(Br)c1OCc1ccc(F)cc1. The third-order valence-corrected chi connectivity index (χ3v) is 7.57. The summed E-state index contributed by atoms with van der Waals surface area (Å²) >= 11 is 3.56. The number of anilines is 1. The highest BCUT2D eigenvalue weighted by atomic mass is 79.9. The highest BCUT2D eigenvalue weighted by Gasteiger charge is 2.67. The van der Waals surface area contributed by atoms with Crippen LogP contribution in [0.3, 0.4) is 0 Å². The number of nitro groups is 1. The molecule has 0 aromatic heterocycles. The van der Waals surface area contributed by atoms with Crippen LogP contribution in [0, 0.1) is 15.9 Å². The molecule has 3 aromatic rings. The number of para-hydroxylation sites is 1. The van der Waals surface area contributed by atoms with Gasteiger partial charge in [0.1, 0.15) is 12.4 Å². The topological polar surface area (TPSA) is 103 Å². The average Bonchev–Trinajstić information content (AvgIpc) is 3.33. The Hall–Kier alpha value is -3.50. The van der Waals surface area contributed by atoms with E-state index in [0.717, 1.165) is 5.56 Å². The smallest absolute Gasteiger partial charge is 0.256 e. The van der Waals surface area contributed by atoms with Gasteiger partial charge in [0.15, 0.2) is 17.0 Å². The Labute approximate surface area is 221 Å². The van der Waals surface area contributed by atoms with Crippen molar-refractivity contribution in [2.24, 2.45) is 0 Å². The summed E-state index contributed by atoms with van der Waals surface area (Å²) in [5.74, 6) is -0.563.